The van der Waals surface area contributed by atoms with Gasteiger partial charge in [0.15, 0.2) is 5.78 Å². The zero-order valence-electron chi connectivity index (χ0n) is 11.3. The molecule has 0 spiro atoms. The van der Waals surface area contributed by atoms with Crippen LogP contribution in [0.4, 0.5) is 0 Å². The summed E-state index contributed by atoms with van der Waals surface area (Å²) >= 11 is 0. The molecular formula is C16H26O. The van der Waals surface area contributed by atoms with Crippen LogP contribution in [-0.2, 0) is 4.79 Å². The van der Waals surface area contributed by atoms with Crippen molar-refractivity contribution in [1.82, 2.24) is 0 Å². The minimum absolute atomic E-state index is 0.168. The van der Waals surface area contributed by atoms with E-state index in [0.29, 0.717) is 0 Å². The highest BCUT2D eigenvalue weighted by atomic mass is 16.1. The first-order chi connectivity index (χ1) is 8.24. The van der Waals surface area contributed by atoms with Crippen molar-refractivity contribution in [2.24, 2.45) is 11.8 Å². The van der Waals surface area contributed by atoms with Crippen LogP contribution in [0, 0.1) is 11.8 Å². The van der Waals surface area contributed by atoms with Gasteiger partial charge in [-0.15, -0.1) is 0 Å². The Morgan fingerprint density at radius 3 is 2.65 bits per heavy atom. The lowest BCUT2D eigenvalue weighted by Gasteiger charge is -1.94. The van der Waals surface area contributed by atoms with E-state index in [4.69, 9.17) is 0 Å². The monoisotopic (exact) mass is 234 g/mol. The van der Waals surface area contributed by atoms with E-state index in [1.165, 1.54) is 38.5 Å². The standard InChI is InChI=1S/C16H26O/c1-3-4-5-6-7-8-11-15-13-16(15)12-9-10-14(2)17/h6-7,9-10,15-16H,3-5,8,11-13H2,1-2H3/b7-6-,10-9+/t15-,16-/m0/s1. The summed E-state index contributed by atoms with van der Waals surface area (Å²) in [7, 11) is 0. The normalized spacial score (nSPS) is 23.6. The van der Waals surface area contributed by atoms with E-state index in [9.17, 15) is 4.79 Å². The zero-order chi connectivity index (χ0) is 12.5. The van der Waals surface area contributed by atoms with Crippen molar-refractivity contribution in [2.75, 3.05) is 0 Å². The summed E-state index contributed by atoms with van der Waals surface area (Å²) in [4.78, 5) is 10.7. The Balaban J connectivity index is 1.97. The summed E-state index contributed by atoms with van der Waals surface area (Å²) in [6.07, 6.45) is 17.3. The average molecular weight is 234 g/mol. The molecular weight excluding hydrogens is 208 g/mol. The van der Waals surface area contributed by atoms with E-state index in [1.54, 1.807) is 13.0 Å². The van der Waals surface area contributed by atoms with Crippen LogP contribution in [0.15, 0.2) is 24.3 Å². The van der Waals surface area contributed by atoms with E-state index in [1.807, 2.05) is 6.08 Å². The Morgan fingerprint density at radius 2 is 1.94 bits per heavy atom. The second-order valence-corrected chi connectivity index (χ2v) is 5.20. The van der Waals surface area contributed by atoms with E-state index in [2.05, 4.69) is 19.1 Å². The molecule has 0 saturated heterocycles. The molecule has 0 aromatic rings. The molecule has 2 atom stereocenters. The van der Waals surface area contributed by atoms with Crippen molar-refractivity contribution in [3.8, 4) is 0 Å². The number of ketones is 1. The lowest BCUT2D eigenvalue weighted by atomic mass is 10.1. The van der Waals surface area contributed by atoms with Crippen molar-refractivity contribution < 1.29 is 4.79 Å². The number of rotatable bonds is 9. The molecule has 0 aromatic carbocycles. The Labute approximate surface area is 106 Å². The third-order valence-corrected chi connectivity index (χ3v) is 3.46. The van der Waals surface area contributed by atoms with Crippen LogP contribution in [-0.4, -0.2) is 5.78 Å². The number of hydrogen-bond acceptors (Lipinski definition) is 1. The van der Waals surface area contributed by atoms with Crippen LogP contribution in [0.25, 0.3) is 0 Å². The second-order valence-electron chi connectivity index (χ2n) is 5.20. The molecule has 1 aliphatic rings. The molecule has 1 nitrogen and oxygen atoms in total. The van der Waals surface area contributed by atoms with Crippen molar-refractivity contribution >= 4 is 5.78 Å². The summed E-state index contributed by atoms with van der Waals surface area (Å²) < 4.78 is 0. The summed E-state index contributed by atoms with van der Waals surface area (Å²) in [5, 5.41) is 0. The van der Waals surface area contributed by atoms with Gasteiger partial charge in [-0.1, -0.05) is 38.0 Å². The fourth-order valence-corrected chi connectivity index (χ4v) is 2.23. The van der Waals surface area contributed by atoms with Gasteiger partial charge in [-0.3, -0.25) is 4.79 Å². The van der Waals surface area contributed by atoms with Crippen molar-refractivity contribution in [3.63, 3.8) is 0 Å². The first-order valence-electron chi connectivity index (χ1n) is 7.06. The molecule has 17 heavy (non-hydrogen) atoms. The summed E-state index contributed by atoms with van der Waals surface area (Å²) in [6, 6.07) is 0. The van der Waals surface area contributed by atoms with Gasteiger partial charge in [-0.05, 0) is 56.9 Å². The van der Waals surface area contributed by atoms with Crippen LogP contribution in [0.3, 0.4) is 0 Å². The molecule has 0 amide bonds. The molecule has 1 saturated carbocycles. The highest BCUT2D eigenvalue weighted by molar-refractivity contribution is 5.87. The van der Waals surface area contributed by atoms with Crippen LogP contribution in [0.1, 0.15) is 58.8 Å². The lowest BCUT2D eigenvalue weighted by Crippen LogP contribution is -1.83. The molecule has 1 rings (SSSR count). The third-order valence-electron chi connectivity index (χ3n) is 3.46. The maximum Gasteiger partial charge on any atom is 0.152 e. The van der Waals surface area contributed by atoms with Crippen molar-refractivity contribution in [2.45, 2.75) is 58.8 Å². The largest absolute Gasteiger partial charge is 0.295 e. The molecule has 0 bridgehead atoms. The van der Waals surface area contributed by atoms with Crippen LogP contribution in [0.2, 0.25) is 0 Å². The van der Waals surface area contributed by atoms with E-state index >= 15 is 0 Å². The van der Waals surface area contributed by atoms with Gasteiger partial charge in [0.25, 0.3) is 0 Å². The SMILES string of the molecule is CCCC/C=C\CC[C@H]1C[C@@H]1C/C=C/C(C)=O. The Kier molecular flexibility index (Phi) is 6.91. The molecule has 0 radical (unpaired) electrons. The lowest BCUT2D eigenvalue weighted by molar-refractivity contribution is -0.112. The maximum atomic E-state index is 10.7. The predicted molar refractivity (Wildman–Crippen MR) is 73.9 cm³/mol. The van der Waals surface area contributed by atoms with Gasteiger partial charge < -0.3 is 0 Å². The number of carbonyl (C=O) groups is 1. The van der Waals surface area contributed by atoms with Gasteiger partial charge in [0.05, 0.1) is 0 Å². The van der Waals surface area contributed by atoms with E-state index in [0.717, 1.165) is 18.3 Å². The number of carbonyl (C=O) groups excluding carboxylic acids is 1. The zero-order valence-corrected chi connectivity index (χ0v) is 11.3. The number of unbranched alkanes of at least 4 members (excludes halogenated alkanes) is 2. The molecule has 0 N–H and O–H groups in total. The van der Waals surface area contributed by atoms with Crippen LogP contribution >= 0.6 is 0 Å². The van der Waals surface area contributed by atoms with E-state index in [-0.39, 0.29) is 5.78 Å². The highest BCUT2D eigenvalue weighted by Gasteiger charge is 2.34. The minimum Gasteiger partial charge on any atom is -0.295 e. The third kappa shape index (κ3) is 7.14. The van der Waals surface area contributed by atoms with Gasteiger partial charge in [-0.25, -0.2) is 0 Å². The fraction of sp³-hybridized carbons (Fsp3) is 0.688. The summed E-state index contributed by atoms with van der Waals surface area (Å²) in [5.74, 6) is 1.94. The number of allylic oxidation sites excluding steroid dienone is 4. The first-order valence-corrected chi connectivity index (χ1v) is 7.06. The van der Waals surface area contributed by atoms with Gasteiger partial charge in [-0.2, -0.15) is 0 Å². The Morgan fingerprint density at radius 1 is 1.18 bits per heavy atom. The topological polar surface area (TPSA) is 17.1 Å². The van der Waals surface area contributed by atoms with Crippen molar-refractivity contribution in [3.05, 3.63) is 24.3 Å². The molecule has 0 aromatic heterocycles. The quantitative estimate of drug-likeness (QED) is 0.321. The van der Waals surface area contributed by atoms with Crippen LogP contribution < -0.4 is 0 Å². The van der Waals surface area contributed by atoms with Gasteiger partial charge in [0.2, 0.25) is 0 Å². The van der Waals surface area contributed by atoms with Crippen LogP contribution in [0.5, 0.6) is 0 Å². The Hall–Kier alpha value is -0.850. The van der Waals surface area contributed by atoms with E-state index < -0.39 is 0 Å². The minimum atomic E-state index is 0.168. The molecule has 0 aliphatic heterocycles. The Bertz CT molecular complexity index is 275. The molecule has 96 valence electrons. The second kappa shape index (κ2) is 8.27. The molecule has 0 heterocycles. The first kappa shape index (κ1) is 14.2. The fourth-order valence-electron chi connectivity index (χ4n) is 2.23. The molecule has 1 heteroatoms. The van der Waals surface area contributed by atoms with Crippen molar-refractivity contribution in [1.29, 1.82) is 0 Å². The maximum absolute atomic E-state index is 10.7. The molecule has 1 fully saturated rings. The predicted octanol–water partition coefficient (Wildman–Crippen LogP) is 4.68. The van der Waals surface area contributed by atoms with Gasteiger partial charge >= 0.3 is 0 Å². The average Bonchev–Trinajstić information content (AvgIpc) is 3.01. The smallest absolute Gasteiger partial charge is 0.152 e. The number of hydrogen-bond donors (Lipinski definition) is 0. The highest BCUT2D eigenvalue weighted by Crippen LogP contribution is 2.44. The molecule has 0 unspecified atom stereocenters. The summed E-state index contributed by atoms with van der Waals surface area (Å²) in [6.45, 7) is 3.85. The van der Waals surface area contributed by atoms with Gasteiger partial charge in [0.1, 0.15) is 0 Å². The van der Waals surface area contributed by atoms with Gasteiger partial charge in [0, 0.05) is 0 Å². The summed E-state index contributed by atoms with van der Waals surface area (Å²) in [5.41, 5.74) is 0. The molecule has 1 aliphatic carbocycles.